The summed E-state index contributed by atoms with van der Waals surface area (Å²) in [6.07, 6.45) is 3.59. The summed E-state index contributed by atoms with van der Waals surface area (Å²) in [6, 6.07) is 16.1. The van der Waals surface area contributed by atoms with Crippen LogP contribution >= 0.6 is 11.8 Å². The number of hydrogen-bond donors (Lipinski definition) is 0. The molecule has 1 fully saturated rings. The van der Waals surface area contributed by atoms with E-state index in [1.54, 1.807) is 31.1 Å². The molecule has 1 aromatic heterocycles. The average molecular weight is 468 g/mol. The minimum atomic E-state index is -0.470. The zero-order chi connectivity index (χ0) is 23.4. The number of benzene rings is 2. The summed E-state index contributed by atoms with van der Waals surface area (Å²) in [7, 11) is 3.51. The van der Waals surface area contributed by atoms with Crippen LogP contribution in [0.1, 0.15) is 48.9 Å². The molecule has 3 aromatic rings. The molecular formula is C25H30FN5OS. The lowest BCUT2D eigenvalue weighted by Crippen LogP contribution is -2.33. The first-order valence-electron chi connectivity index (χ1n) is 11.3. The second-order valence-electron chi connectivity index (χ2n) is 8.57. The molecule has 1 amide bonds. The molecule has 0 radical (unpaired) electrons. The largest absolute Gasteiger partial charge is 0.348 e. The fraction of sp³-hybridized carbons (Fsp3) is 0.400. The maximum absolute atomic E-state index is 13.7. The Hall–Kier alpha value is -2.71. The van der Waals surface area contributed by atoms with E-state index < -0.39 is 5.25 Å². The van der Waals surface area contributed by atoms with Gasteiger partial charge < -0.3 is 4.90 Å². The number of nitrogens with zero attached hydrogens (tertiary/aromatic N) is 5. The summed E-state index contributed by atoms with van der Waals surface area (Å²) >= 11 is 1.37. The maximum Gasteiger partial charge on any atom is 0.240 e. The number of hydrogen-bond acceptors (Lipinski definition) is 5. The lowest BCUT2D eigenvalue weighted by atomic mass is 10.1. The lowest BCUT2D eigenvalue weighted by molar-refractivity contribution is -0.128. The highest BCUT2D eigenvalue weighted by atomic mass is 32.2. The third-order valence-electron chi connectivity index (χ3n) is 6.05. The Balaban J connectivity index is 1.76. The van der Waals surface area contributed by atoms with Gasteiger partial charge in [0.05, 0.1) is 6.04 Å². The Morgan fingerprint density at radius 1 is 1.00 bits per heavy atom. The van der Waals surface area contributed by atoms with Crippen LogP contribution in [-0.2, 0) is 4.79 Å². The molecule has 6 nitrogen and oxygen atoms in total. The van der Waals surface area contributed by atoms with E-state index in [0.29, 0.717) is 5.16 Å². The highest BCUT2D eigenvalue weighted by Gasteiger charge is 2.30. The number of likely N-dealkylation sites (tertiary alicyclic amines) is 1. The molecule has 8 heteroatoms. The second-order valence-corrected chi connectivity index (χ2v) is 9.64. The predicted molar refractivity (Wildman–Crippen MR) is 129 cm³/mol. The number of piperidine rings is 1. The Morgan fingerprint density at radius 2 is 1.67 bits per heavy atom. The van der Waals surface area contributed by atoms with Gasteiger partial charge in [0.15, 0.2) is 11.0 Å². The number of amides is 1. The van der Waals surface area contributed by atoms with Crippen LogP contribution in [0, 0.1) is 5.82 Å². The number of carbonyl (C=O) groups is 1. The monoisotopic (exact) mass is 467 g/mol. The molecule has 174 valence electrons. The van der Waals surface area contributed by atoms with Crippen molar-refractivity contribution in [2.75, 3.05) is 27.2 Å². The van der Waals surface area contributed by atoms with Gasteiger partial charge in [-0.3, -0.25) is 14.3 Å². The van der Waals surface area contributed by atoms with Crippen LogP contribution in [0.25, 0.3) is 5.69 Å². The minimum Gasteiger partial charge on any atom is -0.348 e. The molecule has 1 aliphatic rings. The van der Waals surface area contributed by atoms with Gasteiger partial charge >= 0.3 is 0 Å². The molecule has 2 heterocycles. The molecule has 2 aromatic carbocycles. The fourth-order valence-electron chi connectivity index (χ4n) is 4.16. The van der Waals surface area contributed by atoms with Gasteiger partial charge in [-0.2, -0.15) is 0 Å². The van der Waals surface area contributed by atoms with Crippen LogP contribution < -0.4 is 0 Å². The topological polar surface area (TPSA) is 54.3 Å². The van der Waals surface area contributed by atoms with E-state index in [-0.39, 0.29) is 17.8 Å². The van der Waals surface area contributed by atoms with E-state index in [2.05, 4.69) is 22.0 Å². The van der Waals surface area contributed by atoms with Gasteiger partial charge in [-0.1, -0.05) is 48.5 Å². The lowest BCUT2D eigenvalue weighted by Gasteiger charge is -2.32. The predicted octanol–water partition coefficient (Wildman–Crippen LogP) is 4.87. The van der Waals surface area contributed by atoms with E-state index in [0.717, 1.165) is 30.2 Å². The van der Waals surface area contributed by atoms with Crippen molar-refractivity contribution in [3.8, 4) is 5.69 Å². The Labute approximate surface area is 198 Å². The molecule has 2 atom stereocenters. The second kappa shape index (κ2) is 10.5. The molecule has 0 aliphatic carbocycles. The van der Waals surface area contributed by atoms with Crippen molar-refractivity contribution in [2.24, 2.45) is 0 Å². The number of carbonyl (C=O) groups excluding carboxylic acids is 1. The standard InChI is InChI=1S/C25H30FN5OS/c1-18(30-16-8-5-9-17-30)23-27-28-25(31(23)21-14-12-20(26)13-15-21)33-22(24(32)29(2)3)19-10-6-4-7-11-19/h4,6-7,10-15,18,22H,5,8-9,16-17H2,1-3H3/t18-,22+/m0/s1. The smallest absolute Gasteiger partial charge is 0.240 e. The molecule has 4 rings (SSSR count). The van der Waals surface area contributed by atoms with Gasteiger partial charge in [-0.25, -0.2) is 4.39 Å². The summed E-state index contributed by atoms with van der Waals surface area (Å²) in [5.74, 6) is 0.484. The molecule has 0 unspecified atom stereocenters. The first-order valence-corrected chi connectivity index (χ1v) is 12.2. The number of aromatic nitrogens is 3. The van der Waals surface area contributed by atoms with Crippen molar-refractivity contribution >= 4 is 17.7 Å². The summed E-state index contributed by atoms with van der Waals surface area (Å²) < 4.78 is 15.7. The molecule has 0 N–H and O–H groups in total. The molecule has 0 bridgehead atoms. The third-order valence-corrected chi connectivity index (χ3v) is 7.23. The van der Waals surface area contributed by atoms with E-state index in [4.69, 9.17) is 0 Å². The molecule has 0 spiro atoms. The van der Waals surface area contributed by atoms with Crippen molar-refractivity contribution in [1.82, 2.24) is 24.6 Å². The molecule has 0 saturated carbocycles. The van der Waals surface area contributed by atoms with Crippen molar-refractivity contribution in [3.63, 3.8) is 0 Å². The Kier molecular flexibility index (Phi) is 7.45. The first kappa shape index (κ1) is 23.4. The Morgan fingerprint density at radius 3 is 2.30 bits per heavy atom. The average Bonchev–Trinajstić information content (AvgIpc) is 3.26. The van der Waals surface area contributed by atoms with Gasteiger partial charge in [0, 0.05) is 19.8 Å². The van der Waals surface area contributed by atoms with E-state index in [9.17, 15) is 9.18 Å². The van der Waals surface area contributed by atoms with Crippen molar-refractivity contribution < 1.29 is 9.18 Å². The highest BCUT2D eigenvalue weighted by Crippen LogP contribution is 2.38. The van der Waals surface area contributed by atoms with Crippen LogP contribution in [0.4, 0.5) is 4.39 Å². The van der Waals surface area contributed by atoms with Crippen molar-refractivity contribution in [2.45, 2.75) is 42.6 Å². The van der Waals surface area contributed by atoms with E-state index >= 15 is 0 Å². The summed E-state index contributed by atoms with van der Waals surface area (Å²) in [5, 5.41) is 9.24. The van der Waals surface area contributed by atoms with Crippen LogP contribution in [0.3, 0.4) is 0 Å². The normalized spacial score (nSPS) is 16.4. The Bertz CT molecular complexity index is 1060. The van der Waals surface area contributed by atoms with Crippen LogP contribution in [-0.4, -0.2) is 57.7 Å². The summed E-state index contributed by atoms with van der Waals surface area (Å²) in [6.45, 7) is 4.18. The van der Waals surface area contributed by atoms with Gasteiger partial charge in [0.2, 0.25) is 5.91 Å². The minimum absolute atomic E-state index is 0.0227. The number of thioether (sulfide) groups is 1. The van der Waals surface area contributed by atoms with Crippen LogP contribution in [0.15, 0.2) is 59.8 Å². The third kappa shape index (κ3) is 5.28. The van der Waals surface area contributed by atoms with Crippen molar-refractivity contribution in [1.29, 1.82) is 0 Å². The molecule has 1 aliphatic heterocycles. The zero-order valence-corrected chi connectivity index (χ0v) is 20.1. The summed E-state index contributed by atoms with van der Waals surface area (Å²) in [4.78, 5) is 17.1. The van der Waals surface area contributed by atoms with Crippen LogP contribution in [0.5, 0.6) is 0 Å². The van der Waals surface area contributed by atoms with Crippen molar-refractivity contribution in [3.05, 3.63) is 71.8 Å². The highest BCUT2D eigenvalue weighted by molar-refractivity contribution is 8.00. The number of halogens is 1. The summed E-state index contributed by atoms with van der Waals surface area (Å²) in [5.41, 5.74) is 1.69. The first-order chi connectivity index (χ1) is 16.0. The van der Waals surface area contributed by atoms with E-state index in [1.807, 2.05) is 34.9 Å². The van der Waals surface area contributed by atoms with Gasteiger partial charge in [0.1, 0.15) is 11.1 Å². The number of rotatable bonds is 7. The number of likely N-dealkylation sites (N-methyl/N-ethyl adjacent to an activating group) is 1. The van der Waals surface area contributed by atoms with Crippen LogP contribution in [0.2, 0.25) is 0 Å². The molecule has 1 saturated heterocycles. The van der Waals surface area contributed by atoms with Gasteiger partial charge in [0.25, 0.3) is 0 Å². The molecule has 33 heavy (non-hydrogen) atoms. The van der Waals surface area contributed by atoms with E-state index in [1.165, 1.54) is 43.2 Å². The quantitative estimate of drug-likeness (QED) is 0.464. The zero-order valence-electron chi connectivity index (χ0n) is 19.3. The maximum atomic E-state index is 13.7. The van der Waals surface area contributed by atoms with Gasteiger partial charge in [-0.05, 0) is 62.7 Å². The molecular weight excluding hydrogens is 437 g/mol. The van der Waals surface area contributed by atoms with Gasteiger partial charge in [-0.15, -0.1) is 10.2 Å². The fourth-order valence-corrected chi connectivity index (χ4v) is 5.37. The SMILES string of the molecule is C[C@@H](c1nnc(S[C@@H](C(=O)N(C)C)c2ccccc2)n1-c1ccc(F)cc1)N1CCCCC1.